The Morgan fingerprint density at radius 2 is 1.78 bits per heavy atom. The molecule has 0 amide bonds. The topological polar surface area (TPSA) is 57.5 Å². The highest BCUT2D eigenvalue weighted by molar-refractivity contribution is 9.10. The molecule has 4 saturated carbocycles. The van der Waals surface area contributed by atoms with Crippen LogP contribution in [0, 0.1) is 34.5 Å². The Kier molecular flexibility index (Phi) is 3.80. The summed E-state index contributed by atoms with van der Waals surface area (Å²) in [4.78, 5) is 12.7. The van der Waals surface area contributed by atoms with E-state index in [9.17, 15) is 15.0 Å². The van der Waals surface area contributed by atoms with E-state index in [0.29, 0.717) is 23.5 Å². The van der Waals surface area contributed by atoms with Gasteiger partial charge in [-0.2, -0.15) is 0 Å². The van der Waals surface area contributed by atoms with Gasteiger partial charge in [-0.3, -0.25) is 4.79 Å². The number of hydrogen-bond acceptors (Lipinski definition) is 3. The van der Waals surface area contributed by atoms with Crippen LogP contribution in [0.2, 0.25) is 0 Å². The molecule has 3 nitrogen and oxygen atoms in total. The van der Waals surface area contributed by atoms with Crippen LogP contribution in [0.15, 0.2) is 0 Å². The van der Waals surface area contributed by atoms with Gasteiger partial charge in [0.05, 0.1) is 17.0 Å². The number of rotatable bonds is 0. The van der Waals surface area contributed by atoms with Crippen LogP contribution >= 0.6 is 15.9 Å². The number of aliphatic hydroxyl groups is 2. The van der Waals surface area contributed by atoms with Gasteiger partial charge in [0.15, 0.2) is 5.78 Å². The van der Waals surface area contributed by atoms with E-state index < -0.39 is 0 Å². The van der Waals surface area contributed by atoms with Crippen LogP contribution in [-0.2, 0) is 4.79 Å². The van der Waals surface area contributed by atoms with Crippen molar-refractivity contribution in [3.63, 3.8) is 0 Å². The number of ketones is 1. The summed E-state index contributed by atoms with van der Waals surface area (Å²) in [6, 6.07) is 0. The smallest absolute Gasteiger partial charge is 0.152 e. The van der Waals surface area contributed by atoms with E-state index in [4.69, 9.17) is 0 Å². The molecule has 4 unspecified atom stereocenters. The van der Waals surface area contributed by atoms with Crippen LogP contribution in [0.1, 0.15) is 58.8 Å². The number of carbonyl (C=O) groups is 1. The van der Waals surface area contributed by atoms with Crippen molar-refractivity contribution in [2.24, 2.45) is 34.5 Å². The molecule has 0 aromatic rings. The summed E-state index contributed by atoms with van der Waals surface area (Å²) in [6.45, 7) is 4.54. The van der Waals surface area contributed by atoms with Gasteiger partial charge in [-0.15, -0.1) is 0 Å². The molecule has 0 radical (unpaired) electrons. The summed E-state index contributed by atoms with van der Waals surface area (Å²) >= 11 is 3.59. The Balaban J connectivity index is 1.69. The molecule has 0 saturated heterocycles. The normalized spacial score (nSPS) is 59.2. The van der Waals surface area contributed by atoms with Crippen molar-refractivity contribution in [1.29, 1.82) is 0 Å². The van der Waals surface area contributed by atoms with Crippen LogP contribution in [0.5, 0.6) is 0 Å². The van der Waals surface area contributed by atoms with Crippen LogP contribution in [-0.4, -0.2) is 33.0 Å². The highest BCUT2D eigenvalue weighted by atomic mass is 79.9. The molecule has 0 spiro atoms. The minimum Gasteiger partial charge on any atom is -0.393 e. The lowest BCUT2D eigenvalue weighted by Crippen LogP contribution is -2.58. The van der Waals surface area contributed by atoms with Crippen LogP contribution < -0.4 is 0 Å². The maximum absolute atomic E-state index is 12.7. The van der Waals surface area contributed by atoms with E-state index >= 15 is 0 Å². The Hall–Kier alpha value is 0.0700. The number of Topliss-reactive ketones (excluding diaryl/α,β-unsaturated/α-hetero) is 1. The fourth-order valence-electron chi connectivity index (χ4n) is 6.95. The van der Waals surface area contributed by atoms with E-state index in [0.717, 1.165) is 44.9 Å². The van der Waals surface area contributed by atoms with Crippen molar-refractivity contribution >= 4 is 21.7 Å². The molecule has 0 heterocycles. The average Bonchev–Trinajstić information content (AvgIpc) is 2.73. The van der Waals surface area contributed by atoms with Gasteiger partial charge in [0.25, 0.3) is 0 Å². The summed E-state index contributed by atoms with van der Waals surface area (Å²) in [5, 5.41) is 21.0. The Morgan fingerprint density at radius 3 is 2.52 bits per heavy atom. The van der Waals surface area contributed by atoms with Gasteiger partial charge in [-0.1, -0.05) is 29.8 Å². The van der Waals surface area contributed by atoms with Crippen molar-refractivity contribution in [2.45, 2.75) is 75.8 Å². The standard InChI is InChI=1S/C19H29BrO3/c1-18-5-3-11(21)7-10(18)8-15(22)16-12(18)4-6-19(2)13(16)9-14(20)17(19)23/h10-16,21-22H,3-9H2,1-2H3/t10-,11+,12?,13?,14-,15?,16?,18+,19+/m1/s1. The zero-order valence-corrected chi connectivity index (χ0v) is 15.8. The molecule has 0 aromatic carbocycles. The van der Waals surface area contributed by atoms with Crippen molar-refractivity contribution in [1.82, 2.24) is 0 Å². The van der Waals surface area contributed by atoms with Crippen LogP contribution in [0.4, 0.5) is 0 Å². The second-order valence-electron chi connectivity index (χ2n) is 9.25. The molecule has 4 heteroatoms. The zero-order valence-electron chi connectivity index (χ0n) is 14.2. The van der Waals surface area contributed by atoms with Crippen molar-refractivity contribution < 1.29 is 15.0 Å². The van der Waals surface area contributed by atoms with Gasteiger partial charge in [0.1, 0.15) is 0 Å². The quantitative estimate of drug-likeness (QED) is 0.629. The lowest BCUT2D eigenvalue weighted by atomic mass is 9.44. The van der Waals surface area contributed by atoms with Crippen molar-refractivity contribution in [2.75, 3.05) is 0 Å². The van der Waals surface area contributed by atoms with Crippen LogP contribution in [0.3, 0.4) is 0 Å². The third-order valence-electron chi connectivity index (χ3n) is 8.35. The monoisotopic (exact) mass is 384 g/mol. The summed E-state index contributed by atoms with van der Waals surface area (Å²) in [5.74, 6) is 1.88. The fourth-order valence-corrected chi connectivity index (χ4v) is 7.88. The van der Waals surface area contributed by atoms with E-state index in [2.05, 4.69) is 29.8 Å². The second-order valence-corrected chi connectivity index (χ2v) is 10.4. The highest BCUT2D eigenvalue weighted by Gasteiger charge is 2.64. The maximum Gasteiger partial charge on any atom is 0.152 e. The summed E-state index contributed by atoms with van der Waals surface area (Å²) < 4.78 is 0. The molecular formula is C19H29BrO3. The minimum absolute atomic E-state index is 0.0258. The first-order chi connectivity index (χ1) is 10.8. The molecule has 4 aliphatic rings. The first-order valence-corrected chi connectivity index (χ1v) is 10.2. The Morgan fingerprint density at radius 1 is 1.04 bits per heavy atom. The third kappa shape index (κ3) is 2.17. The number of hydrogen-bond donors (Lipinski definition) is 2. The van der Waals surface area contributed by atoms with Gasteiger partial charge in [-0.05, 0) is 74.0 Å². The maximum atomic E-state index is 12.7. The third-order valence-corrected chi connectivity index (χ3v) is 9.14. The average molecular weight is 385 g/mol. The van der Waals surface area contributed by atoms with Gasteiger partial charge < -0.3 is 10.2 Å². The molecule has 0 aliphatic heterocycles. The van der Waals surface area contributed by atoms with Gasteiger partial charge in [-0.25, -0.2) is 0 Å². The lowest BCUT2D eigenvalue weighted by Gasteiger charge is -2.61. The largest absolute Gasteiger partial charge is 0.393 e. The second kappa shape index (κ2) is 5.28. The molecule has 130 valence electrons. The number of halogens is 1. The molecule has 9 atom stereocenters. The summed E-state index contributed by atoms with van der Waals surface area (Å²) in [5.41, 5.74) is -0.00834. The molecular weight excluding hydrogens is 356 g/mol. The predicted molar refractivity (Wildman–Crippen MR) is 92.2 cm³/mol. The summed E-state index contributed by atoms with van der Waals surface area (Å²) in [7, 11) is 0. The molecule has 4 aliphatic carbocycles. The lowest BCUT2D eigenvalue weighted by molar-refractivity contribution is -0.171. The molecule has 0 aromatic heterocycles. The van der Waals surface area contributed by atoms with E-state index in [1.807, 2.05) is 0 Å². The number of aliphatic hydroxyl groups excluding tert-OH is 2. The van der Waals surface area contributed by atoms with Crippen molar-refractivity contribution in [3.05, 3.63) is 0 Å². The zero-order chi connectivity index (χ0) is 16.6. The first kappa shape index (κ1) is 16.5. The van der Waals surface area contributed by atoms with E-state index in [1.54, 1.807) is 0 Å². The first-order valence-electron chi connectivity index (χ1n) is 9.32. The molecule has 23 heavy (non-hydrogen) atoms. The van der Waals surface area contributed by atoms with Crippen LogP contribution in [0.25, 0.3) is 0 Å². The van der Waals surface area contributed by atoms with Gasteiger partial charge in [0, 0.05) is 5.41 Å². The van der Waals surface area contributed by atoms with Gasteiger partial charge >= 0.3 is 0 Å². The highest BCUT2D eigenvalue weighted by Crippen LogP contribution is 2.65. The van der Waals surface area contributed by atoms with Gasteiger partial charge in [0.2, 0.25) is 0 Å². The van der Waals surface area contributed by atoms with E-state index in [1.165, 1.54) is 0 Å². The summed E-state index contributed by atoms with van der Waals surface area (Å²) in [6.07, 6.45) is 6.04. The van der Waals surface area contributed by atoms with Crippen molar-refractivity contribution in [3.8, 4) is 0 Å². The molecule has 2 N–H and O–H groups in total. The number of fused-ring (bicyclic) bond motifs is 5. The fraction of sp³-hybridized carbons (Fsp3) is 0.947. The predicted octanol–water partition coefficient (Wildman–Crippen LogP) is 3.30. The number of alkyl halides is 1. The minimum atomic E-state index is -0.307. The van der Waals surface area contributed by atoms with E-state index in [-0.39, 0.29) is 33.8 Å². The molecule has 0 bridgehead atoms. The number of carbonyl (C=O) groups excluding carboxylic acids is 1. The Labute approximate surface area is 147 Å². The molecule has 4 rings (SSSR count). The molecule has 4 fully saturated rings. The SMILES string of the molecule is C[C@]12CCC3C(C(O)C[C@H]4C[C@@H](O)CC[C@]34C)C1C[C@@H](Br)C2=O. The Bertz CT molecular complexity index is 523.